The van der Waals surface area contributed by atoms with Crippen molar-refractivity contribution in [3.8, 4) is 0 Å². The number of hydrogen-bond acceptors (Lipinski definition) is 7. The summed E-state index contributed by atoms with van der Waals surface area (Å²) in [4.78, 5) is 31.7. The Bertz CT molecular complexity index is 428. The van der Waals surface area contributed by atoms with Crippen LogP contribution in [-0.4, -0.2) is 80.6 Å². The van der Waals surface area contributed by atoms with Crippen LogP contribution in [0.5, 0.6) is 0 Å². The Labute approximate surface area is 150 Å². The maximum Gasteiger partial charge on any atom is 0.325 e. The highest BCUT2D eigenvalue weighted by Gasteiger charge is 2.29. The van der Waals surface area contributed by atoms with E-state index in [0.29, 0.717) is 12.0 Å². The average Bonchev–Trinajstić information content (AvgIpc) is 2.68. The minimum absolute atomic E-state index is 0.203. The van der Waals surface area contributed by atoms with Crippen LogP contribution >= 0.6 is 0 Å². The van der Waals surface area contributed by atoms with Crippen LogP contribution in [0.3, 0.4) is 0 Å². The summed E-state index contributed by atoms with van der Waals surface area (Å²) in [5, 5.41) is 8.48. The van der Waals surface area contributed by atoms with E-state index in [1.807, 2.05) is 0 Å². The summed E-state index contributed by atoms with van der Waals surface area (Å²) in [7, 11) is 0. The lowest BCUT2D eigenvalue weighted by Crippen LogP contribution is -2.53. The lowest BCUT2D eigenvalue weighted by molar-refractivity contribution is -0.200. The zero-order chi connectivity index (χ0) is 17.5. The predicted octanol–water partition coefficient (Wildman–Crippen LogP) is 0.0190. The second kappa shape index (κ2) is 9.62. The molecule has 0 aromatic carbocycles. The van der Waals surface area contributed by atoms with Gasteiger partial charge in [0.25, 0.3) is 0 Å². The largest absolute Gasteiger partial charge is 0.368 e. The predicted molar refractivity (Wildman–Crippen MR) is 94.9 cm³/mol. The minimum Gasteiger partial charge on any atom is -0.368 e. The van der Waals surface area contributed by atoms with Gasteiger partial charge < -0.3 is 20.3 Å². The van der Waals surface area contributed by atoms with E-state index in [0.717, 1.165) is 71.5 Å². The molecule has 0 aromatic heterocycles. The van der Waals surface area contributed by atoms with Gasteiger partial charge in [0.2, 0.25) is 0 Å². The van der Waals surface area contributed by atoms with Crippen LogP contribution in [0.15, 0.2) is 0 Å². The Kier molecular flexibility index (Phi) is 7.22. The number of hydrogen-bond donors (Lipinski definition) is 2. The minimum atomic E-state index is -0.258. The molecule has 3 fully saturated rings. The number of piperidine rings is 2. The van der Waals surface area contributed by atoms with E-state index in [9.17, 15) is 9.59 Å². The lowest BCUT2D eigenvalue weighted by Gasteiger charge is -2.40. The van der Waals surface area contributed by atoms with Crippen molar-refractivity contribution in [3.63, 3.8) is 0 Å². The van der Waals surface area contributed by atoms with Gasteiger partial charge in [-0.2, -0.15) is 0 Å². The fourth-order valence-electron chi connectivity index (χ4n) is 4.30. The average molecular weight is 352 g/mol. The Morgan fingerprint density at radius 2 is 1.60 bits per heavy atom. The Morgan fingerprint density at radius 3 is 2.20 bits per heavy atom. The first-order chi connectivity index (χ1) is 12.3. The first-order valence-corrected chi connectivity index (χ1v) is 9.83. The molecule has 0 bridgehead atoms. The van der Waals surface area contributed by atoms with Gasteiger partial charge in [-0.1, -0.05) is 0 Å². The number of nitrogens with one attached hydrogen (secondary N) is 2. The fraction of sp³-hybridized carbons (Fsp3) is 0.889. The summed E-state index contributed by atoms with van der Waals surface area (Å²) < 4.78 is 0. The standard InChI is InChI=1S/C18H32N4O3/c23-14-16(15-1-5-19-6-2-15)13-18(24)25-22-11-9-21(10-12-22)17-3-7-20-8-4-17/h14-17,19-20H,1-13H2. The molecule has 3 aliphatic heterocycles. The molecule has 3 rings (SSSR count). The maximum atomic E-state index is 12.2. The molecular weight excluding hydrogens is 320 g/mol. The summed E-state index contributed by atoms with van der Waals surface area (Å²) >= 11 is 0. The number of nitrogens with zero attached hydrogens (tertiary/aromatic N) is 2. The number of aldehydes is 1. The van der Waals surface area contributed by atoms with Crippen LogP contribution in [0.2, 0.25) is 0 Å². The van der Waals surface area contributed by atoms with Crippen LogP contribution in [0.4, 0.5) is 0 Å². The van der Waals surface area contributed by atoms with Crippen LogP contribution in [0.25, 0.3) is 0 Å². The molecule has 0 saturated carbocycles. The number of piperazine rings is 1. The normalized spacial score (nSPS) is 26.2. The number of carbonyl (C=O) groups is 2. The van der Waals surface area contributed by atoms with Gasteiger partial charge in [0.15, 0.2) is 0 Å². The summed E-state index contributed by atoms with van der Waals surface area (Å²) in [6, 6.07) is 0.665. The highest BCUT2D eigenvalue weighted by atomic mass is 16.7. The molecule has 1 atom stereocenters. The molecule has 7 nitrogen and oxygen atoms in total. The molecule has 7 heteroatoms. The van der Waals surface area contributed by atoms with Crippen molar-refractivity contribution in [1.29, 1.82) is 0 Å². The van der Waals surface area contributed by atoms with Crippen LogP contribution < -0.4 is 10.6 Å². The van der Waals surface area contributed by atoms with E-state index in [4.69, 9.17) is 4.84 Å². The van der Waals surface area contributed by atoms with Gasteiger partial charge in [-0.15, -0.1) is 5.06 Å². The van der Waals surface area contributed by atoms with Gasteiger partial charge in [-0.25, -0.2) is 0 Å². The Morgan fingerprint density at radius 1 is 1.00 bits per heavy atom. The summed E-state index contributed by atoms with van der Waals surface area (Å²) in [5.41, 5.74) is 0. The second-order valence-electron chi connectivity index (χ2n) is 7.50. The SMILES string of the molecule is O=CC(CC(=O)ON1CCN(C2CCNCC2)CC1)C1CCNCC1. The molecule has 25 heavy (non-hydrogen) atoms. The quantitative estimate of drug-likeness (QED) is 0.653. The van der Waals surface area contributed by atoms with Crippen molar-refractivity contribution in [2.24, 2.45) is 11.8 Å². The third-order valence-corrected chi connectivity index (χ3v) is 5.90. The van der Waals surface area contributed by atoms with E-state index in [-0.39, 0.29) is 18.3 Å². The topological polar surface area (TPSA) is 73.9 Å². The van der Waals surface area contributed by atoms with Crippen LogP contribution in [0, 0.1) is 11.8 Å². The number of carbonyl (C=O) groups excluding carboxylic acids is 2. The molecule has 0 aromatic rings. The highest BCUT2D eigenvalue weighted by molar-refractivity contribution is 5.73. The number of hydroxylamine groups is 2. The van der Waals surface area contributed by atoms with Crippen molar-refractivity contribution in [2.45, 2.75) is 38.1 Å². The Balaban J connectivity index is 1.38. The molecule has 0 amide bonds. The zero-order valence-corrected chi connectivity index (χ0v) is 15.1. The van der Waals surface area contributed by atoms with Crippen LogP contribution in [0.1, 0.15) is 32.1 Å². The monoisotopic (exact) mass is 352 g/mol. The first kappa shape index (κ1) is 18.8. The van der Waals surface area contributed by atoms with Crippen molar-refractivity contribution in [3.05, 3.63) is 0 Å². The van der Waals surface area contributed by atoms with Gasteiger partial charge in [0, 0.05) is 38.1 Å². The van der Waals surface area contributed by atoms with E-state index < -0.39 is 0 Å². The van der Waals surface area contributed by atoms with E-state index >= 15 is 0 Å². The molecular formula is C18H32N4O3. The number of rotatable bonds is 6. The molecule has 142 valence electrons. The van der Waals surface area contributed by atoms with Crippen molar-refractivity contribution < 1.29 is 14.4 Å². The third-order valence-electron chi connectivity index (χ3n) is 5.90. The zero-order valence-electron chi connectivity index (χ0n) is 15.1. The van der Waals surface area contributed by atoms with Gasteiger partial charge in [0.1, 0.15) is 6.29 Å². The highest BCUT2D eigenvalue weighted by Crippen LogP contribution is 2.24. The van der Waals surface area contributed by atoms with E-state index in [2.05, 4.69) is 15.5 Å². The van der Waals surface area contributed by atoms with Gasteiger partial charge in [0.05, 0.1) is 6.42 Å². The van der Waals surface area contributed by atoms with Crippen molar-refractivity contribution >= 4 is 12.3 Å². The van der Waals surface area contributed by atoms with Gasteiger partial charge in [-0.3, -0.25) is 9.69 Å². The van der Waals surface area contributed by atoms with Crippen molar-refractivity contribution in [1.82, 2.24) is 20.6 Å². The molecule has 0 spiro atoms. The summed E-state index contributed by atoms with van der Waals surface area (Å²) in [5.74, 6) is -0.153. The maximum absolute atomic E-state index is 12.2. The van der Waals surface area contributed by atoms with Gasteiger partial charge >= 0.3 is 5.97 Å². The Hall–Kier alpha value is -1.02. The summed E-state index contributed by atoms with van der Waals surface area (Å²) in [6.45, 7) is 7.48. The van der Waals surface area contributed by atoms with E-state index in [1.165, 1.54) is 12.8 Å². The first-order valence-electron chi connectivity index (χ1n) is 9.83. The molecule has 0 radical (unpaired) electrons. The molecule has 2 N–H and O–H groups in total. The molecule has 0 aliphatic carbocycles. The molecule has 1 unspecified atom stereocenters. The lowest BCUT2D eigenvalue weighted by atomic mass is 9.84. The smallest absolute Gasteiger partial charge is 0.325 e. The van der Waals surface area contributed by atoms with Crippen molar-refractivity contribution in [2.75, 3.05) is 52.4 Å². The third kappa shape index (κ3) is 5.48. The summed E-state index contributed by atoms with van der Waals surface area (Å²) in [6.07, 6.45) is 5.50. The van der Waals surface area contributed by atoms with Crippen LogP contribution in [-0.2, 0) is 14.4 Å². The molecule has 3 heterocycles. The molecule has 3 aliphatic rings. The molecule has 3 saturated heterocycles. The van der Waals surface area contributed by atoms with E-state index in [1.54, 1.807) is 5.06 Å². The second-order valence-corrected chi connectivity index (χ2v) is 7.50. The van der Waals surface area contributed by atoms with Gasteiger partial charge in [-0.05, 0) is 57.8 Å². The fourth-order valence-corrected chi connectivity index (χ4v) is 4.30.